The van der Waals surface area contributed by atoms with Crippen LogP contribution in [-0.4, -0.2) is 30.4 Å². The summed E-state index contributed by atoms with van der Waals surface area (Å²) in [4.78, 5) is 36.3. The van der Waals surface area contributed by atoms with Gasteiger partial charge in [-0.2, -0.15) is 0 Å². The average Bonchev–Trinajstić information content (AvgIpc) is 3.44. The molecule has 1 saturated carbocycles. The molecule has 2 N–H and O–H groups in total. The van der Waals surface area contributed by atoms with Crippen LogP contribution in [0.4, 0.5) is 5.69 Å². The van der Waals surface area contributed by atoms with E-state index in [1.165, 1.54) is 6.07 Å². The number of ether oxygens (including phenoxy) is 1. The quantitative estimate of drug-likeness (QED) is 0.763. The predicted octanol–water partition coefficient (Wildman–Crippen LogP) is 3.03. The van der Waals surface area contributed by atoms with E-state index in [0.29, 0.717) is 11.3 Å². The van der Waals surface area contributed by atoms with Crippen LogP contribution in [0.2, 0.25) is 5.02 Å². The number of hydrogen-bond acceptors (Lipinski definition) is 4. The van der Waals surface area contributed by atoms with E-state index in [0.717, 1.165) is 12.8 Å². The number of carbonyl (C=O) groups excluding carboxylic acids is 3. The van der Waals surface area contributed by atoms with Gasteiger partial charge < -0.3 is 15.4 Å². The van der Waals surface area contributed by atoms with Crippen molar-refractivity contribution in [3.05, 3.63) is 64.7 Å². The van der Waals surface area contributed by atoms with Crippen molar-refractivity contribution in [2.75, 3.05) is 11.9 Å². The Hall–Kier alpha value is -2.86. The summed E-state index contributed by atoms with van der Waals surface area (Å²) >= 11 is 5.92. The highest BCUT2D eigenvalue weighted by Crippen LogP contribution is 2.21. The van der Waals surface area contributed by atoms with Crippen molar-refractivity contribution in [3.63, 3.8) is 0 Å². The molecule has 1 aliphatic carbocycles. The number of anilines is 1. The Morgan fingerprint density at radius 1 is 1.00 bits per heavy atom. The Morgan fingerprint density at radius 3 is 2.35 bits per heavy atom. The summed E-state index contributed by atoms with van der Waals surface area (Å²) in [5.74, 6) is -1.47. The first-order chi connectivity index (χ1) is 12.5. The maximum atomic E-state index is 12.2. The molecule has 26 heavy (non-hydrogen) atoms. The van der Waals surface area contributed by atoms with Crippen LogP contribution >= 0.6 is 11.6 Å². The van der Waals surface area contributed by atoms with E-state index in [1.54, 1.807) is 42.5 Å². The molecule has 7 heteroatoms. The Labute approximate surface area is 155 Å². The molecule has 0 radical (unpaired) electrons. The lowest BCUT2D eigenvalue weighted by molar-refractivity contribution is -0.119. The van der Waals surface area contributed by atoms with Crippen molar-refractivity contribution < 1.29 is 19.1 Å². The fourth-order valence-electron chi connectivity index (χ4n) is 2.30. The van der Waals surface area contributed by atoms with Crippen LogP contribution in [0.25, 0.3) is 0 Å². The van der Waals surface area contributed by atoms with Crippen LogP contribution in [0.3, 0.4) is 0 Å². The lowest BCUT2D eigenvalue weighted by Gasteiger charge is -2.11. The van der Waals surface area contributed by atoms with Gasteiger partial charge in [0, 0.05) is 6.04 Å². The number of benzene rings is 2. The average molecular weight is 373 g/mol. The van der Waals surface area contributed by atoms with Crippen LogP contribution in [0.1, 0.15) is 33.6 Å². The summed E-state index contributed by atoms with van der Waals surface area (Å²) in [6.07, 6.45) is 1.94. The van der Waals surface area contributed by atoms with Gasteiger partial charge in [0.05, 0.1) is 21.8 Å². The number of amides is 2. The molecule has 0 bridgehead atoms. The Bertz CT molecular complexity index is 849. The van der Waals surface area contributed by atoms with E-state index in [4.69, 9.17) is 16.3 Å². The predicted molar refractivity (Wildman–Crippen MR) is 97.3 cm³/mol. The molecule has 0 unspecified atom stereocenters. The highest BCUT2D eigenvalue weighted by Gasteiger charge is 2.25. The standard InChI is InChI=1S/C19H17ClN2O4/c20-15-7-3-1-5-13(15)19(25)26-11-17(23)22-16-8-4-2-6-14(16)18(24)21-12-9-10-12/h1-8,12H,9-11H2,(H,21,24)(H,22,23). The Balaban J connectivity index is 1.59. The molecule has 1 fully saturated rings. The van der Waals surface area contributed by atoms with Crippen LogP contribution in [0.5, 0.6) is 0 Å². The number of para-hydroxylation sites is 1. The first-order valence-corrected chi connectivity index (χ1v) is 8.54. The van der Waals surface area contributed by atoms with Crippen LogP contribution in [0, 0.1) is 0 Å². The van der Waals surface area contributed by atoms with E-state index in [9.17, 15) is 14.4 Å². The zero-order valence-corrected chi connectivity index (χ0v) is 14.6. The Kier molecular flexibility index (Phi) is 5.53. The molecule has 0 atom stereocenters. The molecule has 0 aromatic heterocycles. The van der Waals surface area contributed by atoms with Gasteiger partial charge in [-0.1, -0.05) is 35.9 Å². The largest absolute Gasteiger partial charge is 0.452 e. The minimum absolute atomic E-state index is 0.186. The molecule has 134 valence electrons. The van der Waals surface area contributed by atoms with Crippen LogP contribution in [0.15, 0.2) is 48.5 Å². The van der Waals surface area contributed by atoms with Gasteiger partial charge in [0.25, 0.3) is 11.8 Å². The van der Waals surface area contributed by atoms with Gasteiger partial charge in [0.1, 0.15) is 0 Å². The minimum Gasteiger partial charge on any atom is -0.452 e. The lowest BCUT2D eigenvalue weighted by Crippen LogP contribution is -2.28. The van der Waals surface area contributed by atoms with Crippen LogP contribution < -0.4 is 10.6 Å². The number of hydrogen-bond donors (Lipinski definition) is 2. The van der Waals surface area contributed by atoms with Crippen molar-refractivity contribution in [1.82, 2.24) is 5.32 Å². The fraction of sp³-hybridized carbons (Fsp3) is 0.211. The lowest BCUT2D eigenvalue weighted by atomic mass is 10.1. The summed E-state index contributed by atoms with van der Waals surface area (Å²) in [6, 6.07) is 13.3. The third-order valence-corrected chi connectivity index (χ3v) is 4.12. The molecule has 1 aliphatic rings. The highest BCUT2D eigenvalue weighted by atomic mass is 35.5. The number of carbonyl (C=O) groups is 3. The van der Waals surface area contributed by atoms with E-state index in [-0.39, 0.29) is 22.5 Å². The molecule has 0 heterocycles. The maximum Gasteiger partial charge on any atom is 0.340 e. The molecule has 3 rings (SSSR count). The van der Waals surface area contributed by atoms with Gasteiger partial charge >= 0.3 is 5.97 Å². The molecular formula is C19H17ClN2O4. The fourth-order valence-corrected chi connectivity index (χ4v) is 2.52. The molecular weight excluding hydrogens is 356 g/mol. The monoisotopic (exact) mass is 372 g/mol. The molecule has 6 nitrogen and oxygen atoms in total. The number of nitrogens with one attached hydrogen (secondary N) is 2. The van der Waals surface area contributed by atoms with E-state index in [2.05, 4.69) is 10.6 Å². The van der Waals surface area contributed by atoms with Gasteiger partial charge in [-0.15, -0.1) is 0 Å². The van der Waals surface area contributed by atoms with Crippen LogP contribution in [-0.2, 0) is 9.53 Å². The first kappa shape index (κ1) is 17.9. The second kappa shape index (κ2) is 8.01. The van der Waals surface area contributed by atoms with E-state index in [1.807, 2.05) is 0 Å². The van der Waals surface area contributed by atoms with Gasteiger partial charge in [-0.25, -0.2) is 4.79 Å². The van der Waals surface area contributed by atoms with Crippen molar-refractivity contribution in [2.45, 2.75) is 18.9 Å². The van der Waals surface area contributed by atoms with Crippen molar-refractivity contribution in [3.8, 4) is 0 Å². The number of rotatable bonds is 6. The zero-order valence-electron chi connectivity index (χ0n) is 13.8. The van der Waals surface area contributed by atoms with Crippen molar-refractivity contribution in [1.29, 1.82) is 0 Å². The zero-order chi connectivity index (χ0) is 18.5. The first-order valence-electron chi connectivity index (χ1n) is 8.16. The SMILES string of the molecule is O=C(COC(=O)c1ccccc1Cl)Nc1ccccc1C(=O)NC1CC1. The maximum absolute atomic E-state index is 12.2. The van der Waals surface area contributed by atoms with Crippen molar-refractivity contribution >= 4 is 35.1 Å². The van der Waals surface area contributed by atoms with E-state index >= 15 is 0 Å². The van der Waals surface area contributed by atoms with Gasteiger partial charge in [0.2, 0.25) is 0 Å². The number of halogens is 1. The van der Waals surface area contributed by atoms with Gasteiger partial charge in [0.15, 0.2) is 6.61 Å². The second-order valence-corrected chi connectivity index (χ2v) is 6.30. The third-order valence-electron chi connectivity index (χ3n) is 3.79. The van der Waals surface area contributed by atoms with E-state index < -0.39 is 18.5 Å². The molecule has 2 aromatic rings. The second-order valence-electron chi connectivity index (χ2n) is 5.90. The van der Waals surface area contributed by atoms with Gasteiger partial charge in [-0.05, 0) is 37.1 Å². The summed E-state index contributed by atoms with van der Waals surface area (Å²) in [6.45, 7) is -0.483. The molecule has 0 saturated heterocycles. The molecule has 0 spiro atoms. The topological polar surface area (TPSA) is 84.5 Å². The molecule has 0 aliphatic heterocycles. The summed E-state index contributed by atoms with van der Waals surface area (Å²) < 4.78 is 4.98. The summed E-state index contributed by atoms with van der Waals surface area (Å²) in [5, 5.41) is 5.72. The highest BCUT2D eigenvalue weighted by molar-refractivity contribution is 6.33. The number of esters is 1. The minimum atomic E-state index is -0.689. The normalized spacial score (nSPS) is 13.0. The smallest absolute Gasteiger partial charge is 0.340 e. The summed E-state index contributed by atoms with van der Waals surface area (Å²) in [5.41, 5.74) is 0.917. The molecule has 2 aromatic carbocycles. The van der Waals surface area contributed by atoms with Gasteiger partial charge in [-0.3, -0.25) is 9.59 Å². The Morgan fingerprint density at radius 2 is 1.65 bits per heavy atom. The summed E-state index contributed by atoms with van der Waals surface area (Å²) in [7, 11) is 0. The van der Waals surface area contributed by atoms with Crippen molar-refractivity contribution in [2.24, 2.45) is 0 Å². The molecule has 2 amide bonds. The third kappa shape index (κ3) is 4.61.